The molecule has 1 heterocycles. The Hall–Kier alpha value is -3.73. The van der Waals surface area contributed by atoms with Crippen LogP contribution in [0.3, 0.4) is 0 Å². The van der Waals surface area contributed by atoms with Gasteiger partial charge in [0.25, 0.3) is 0 Å². The topological polar surface area (TPSA) is 75.4 Å². The van der Waals surface area contributed by atoms with Gasteiger partial charge in [-0.1, -0.05) is 11.8 Å². The lowest BCUT2D eigenvalue weighted by Crippen LogP contribution is -2.07. The Labute approximate surface area is 176 Å². The number of aromatic hydroxyl groups is 1. The standard InChI is InChI=1S/C23H19F3N2O3/c1-15-13-27-28(14-15)10-2-3-18-11-19(22(30)31)7-5-16(18)4-6-17-8-9-20(29)12-21(17)23(24,25)26/h5,7-9,11-14,29H,2-3,10H2,1H3,(H,30,31). The first-order chi connectivity index (χ1) is 14.6. The summed E-state index contributed by atoms with van der Waals surface area (Å²) in [6.07, 6.45) is 0.0774. The molecule has 2 aromatic carbocycles. The van der Waals surface area contributed by atoms with Gasteiger partial charge in [-0.2, -0.15) is 18.3 Å². The maximum atomic E-state index is 13.3. The number of carboxylic acid groups (broad SMARTS) is 1. The first kappa shape index (κ1) is 22.0. The number of phenols is 1. The summed E-state index contributed by atoms with van der Waals surface area (Å²) in [4.78, 5) is 11.3. The molecule has 0 spiro atoms. The number of carboxylic acids is 1. The second-order valence-corrected chi connectivity index (χ2v) is 7.04. The van der Waals surface area contributed by atoms with Crippen LogP contribution in [0, 0.1) is 18.8 Å². The third-order valence-electron chi connectivity index (χ3n) is 4.59. The van der Waals surface area contributed by atoms with E-state index in [9.17, 15) is 28.2 Å². The van der Waals surface area contributed by atoms with Crippen molar-refractivity contribution in [3.63, 3.8) is 0 Å². The van der Waals surface area contributed by atoms with Crippen molar-refractivity contribution >= 4 is 5.97 Å². The van der Waals surface area contributed by atoms with Crippen LogP contribution in [-0.4, -0.2) is 26.0 Å². The van der Waals surface area contributed by atoms with Crippen LogP contribution < -0.4 is 0 Å². The number of hydrogen-bond donors (Lipinski definition) is 2. The maximum Gasteiger partial charge on any atom is 0.417 e. The number of carbonyl (C=O) groups is 1. The van der Waals surface area contributed by atoms with E-state index < -0.39 is 23.5 Å². The molecule has 3 aromatic rings. The number of nitrogens with zero attached hydrogens (tertiary/aromatic N) is 2. The molecule has 5 nitrogen and oxygen atoms in total. The average Bonchev–Trinajstić information content (AvgIpc) is 3.11. The summed E-state index contributed by atoms with van der Waals surface area (Å²) in [7, 11) is 0. The Morgan fingerprint density at radius 2 is 1.84 bits per heavy atom. The molecule has 0 saturated carbocycles. The van der Waals surface area contributed by atoms with Crippen molar-refractivity contribution in [3.8, 4) is 17.6 Å². The summed E-state index contributed by atoms with van der Waals surface area (Å²) in [5.41, 5.74) is 0.875. The molecule has 0 aliphatic rings. The van der Waals surface area contributed by atoms with E-state index in [1.54, 1.807) is 10.9 Å². The minimum Gasteiger partial charge on any atom is -0.508 e. The van der Waals surface area contributed by atoms with Gasteiger partial charge in [0, 0.05) is 23.9 Å². The predicted octanol–water partition coefficient (Wildman–Crippen LogP) is 4.65. The second-order valence-electron chi connectivity index (χ2n) is 7.04. The fourth-order valence-electron chi connectivity index (χ4n) is 3.09. The number of phenolic OH excluding ortho intramolecular Hbond substituents is 1. The number of rotatable bonds is 5. The lowest BCUT2D eigenvalue weighted by Gasteiger charge is -2.10. The normalized spacial score (nSPS) is 11.1. The van der Waals surface area contributed by atoms with Crippen LogP contribution in [-0.2, 0) is 19.1 Å². The zero-order valence-electron chi connectivity index (χ0n) is 16.6. The highest BCUT2D eigenvalue weighted by molar-refractivity contribution is 5.88. The van der Waals surface area contributed by atoms with Crippen molar-refractivity contribution in [1.82, 2.24) is 9.78 Å². The molecule has 1 aromatic heterocycles. The first-order valence-corrected chi connectivity index (χ1v) is 9.41. The lowest BCUT2D eigenvalue weighted by atomic mass is 9.99. The van der Waals surface area contributed by atoms with Gasteiger partial charge in [-0.25, -0.2) is 4.79 Å². The second kappa shape index (κ2) is 8.96. The Balaban J connectivity index is 1.90. The molecule has 0 atom stereocenters. The van der Waals surface area contributed by atoms with Crippen molar-refractivity contribution in [3.05, 3.63) is 82.2 Å². The lowest BCUT2D eigenvalue weighted by molar-refractivity contribution is -0.137. The van der Waals surface area contributed by atoms with Crippen LogP contribution in [0.1, 0.15) is 44.6 Å². The van der Waals surface area contributed by atoms with E-state index >= 15 is 0 Å². The van der Waals surface area contributed by atoms with Crippen molar-refractivity contribution in [2.45, 2.75) is 32.5 Å². The van der Waals surface area contributed by atoms with E-state index in [0.29, 0.717) is 36.6 Å². The molecule has 0 bridgehead atoms. The summed E-state index contributed by atoms with van der Waals surface area (Å²) < 4.78 is 41.5. The van der Waals surface area contributed by atoms with Gasteiger partial charge in [0.05, 0.1) is 17.3 Å². The summed E-state index contributed by atoms with van der Waals surface area (Å²) >= 11 is 0. The van der Waals surface area contributed by atoms with E-state index in [0.717, 1.165) is 17.7 Å². The molecule has 3 rings (SSSR count). The van der Waals surface area contributed by atoms with Crippen LogP contribution in [0.4, 0.5) is 13.2 Å². The number of benzene rings is 2. The molecule has 0 unspecified atom stereocenters. The number of halogens is 3. The fraction of sp³-hybridized carbons (Fsp3) is 0.217. The SMILES string of the molecule is Cc1cnn(CCCc2cc(C(=O)O)ccc2C#Cc2ccc(O)cc2C(F)(F)F)c1. The van der Waals surface area contributed by atoms with Crippen LogP contribution >= 0.6 is 0 Å². The van der Waals surface area contributed by atoms with Gasteiger partial charge in [-0.05, 0) is 67.3 Å². The largest absolute Gasteiger partial charge is 0.508 e. The Kier molecular flexibility index (Phi) is 6.35. The zero-order chi connectivity index (χ0) is 22.6. The van der Waals surface area contributed by atoms with Gasteiger partial charge in [-0.3, -0.25) is 4.68 Å². The Morgan fingerprint density at radius 1 is 1.13 bits per heavy atom. The third-order valence-corrected chi connectivity index (χ3v) is 4.59. The van der Waals surface area contributed by atoms with E-state index in [-0.39, 0.29) is 11.1 Å². The van der Waals surface area contributed by atoms with Gasteiger partial charge >= 0.3 is 12.1 Å². The van der Waals surface area contributed by atoms with Crippen molar-refractivity contribution in [2.24, 2.45) is 0 Å². The number of hydrogen-bond acceptors (Lipinski definition) is 3. The van der Waals surface area contributed by atoms with E-state index in [1.165, 1.54) is 18.2 Å². The highest BCUT2D eigenvalue weighted by atomic mass is 19.4. The number of aryl methyl sites for hydroxylation is 3. The van der Waals surface area contributed by atoms with Crippen LogP contribution in [0.2, 0.25) is 0 Å². The van der Waals surface area contributed by atoms with Gasteiger partial charge in [0.1, 0.15) is 5.75 Å². The zero-order valence-corrected chi connectivity index (χ0v) is 16.6. The van der Waals surface area contributed by atoms with Gasteiger partial charge in [-0.15, -0.1) is 0 Å². The minimum atomic E-state index is -4.67. The number of alkyl halides is 3. The van der Waals surface area contributed by atoms with Crippen LogP contribution in [0.5, 0.6) is 5.75 Å². The molecule has 160 valence electrons. The van der Waals surface area contributed by atoms with Gasteiger partial charge in [0.15, 0.2) is 0 Å². The highest BCUT2D eigenvalue weighted by Crippen LogP contribution is 2.33. The Bertz CT molecular complexity index is 1170. The summed E-state index contributed by atoms with van der Waals surface area (Å²) in [6.45, 7) is 2.53. The molecular formula is C23H19F3N2O3. The van der Waals surface area contributed by atoms with Gasteiger partial charge < -0.3 is 10.2 Å². The number of aromatic nitrogens is 2. The monoisotopic (exact) mass is 428 g/mol. The Morgan fingerprint density at radius 3 is 2.48 bits per heavy atom. The molecule has 0 saturated heterocycles. The quantitative estimate of drug-likeness (QED) is 0.581. The van der Waals surface area contributed by atoms with Crippen LogP contribution in [0.15, 0.2) is 48.8 Å². The van der Waals surface area contributed by atoms with Crippen LogP contribution in [0.25, 0.3) is 0 Å². The molecule has 0 radical (unpaired) electrons. The smallest absolute Gasteiger partial charge is 0.417 e. The van der Waals surface area contributed by atoms with Crippen molar-refractivity contribution < 1.29 is 28.2 Å². The molecule has 0 amide bonds. The van der Waals surface area contributed by atoms with E-state index in [4.69, 9.17) is 0 Å². The molecule has 31 heavy (non-hydrogen) atoms. The fourth-order valence-corrected chi connectivity index (χ4v) is 3.09. The predicted molar refractivity (Wildman–Crippen MR) is 108 cm³/mol. The summed E-state index contributed by atoms with van der Waals surface area (Å²) in [5, 5.41) is 22.9. The maximum absolute atomic E-state index is 13.3. The van der Waals surface area contributed by atoms with Crippen molar-refractivity contribution in [1.29, 1.82) is 0 Å². The average molecular weight is 428 g/mol. The van der Waals surface area contributed by atoms with E-state index in [2.05, 4.69) is 16.9 Å². The molecule has 0 aliphatic carbocycles. The number of aromatic carboxylic acids is 1. The molecule has 0 fully saturated rings. The molecule has 2 N–H and O–H groups in total. The minimum absolute atomic E-state index is 0.0797. The molecule has 8 heteroatoms. The highest BCUT2D eigenvalue weighted by Gasteiger charge is 2.33. The molecular weight excluding hydrogens is 409 g/mol. The van der Waals surface area contributed by atoms with Crippen molar-refractivity contribution in [2.75, 3.05) is 0 Å². The first-order valence-electron chi connectivity index (χ1n) is 9.41. The van der Waals surface area contributed by atoms with Gasteiger partial charge in [0.2, 0.25) is 0 Å². The molecule has 0 aliphatic heterocycles. The van der Waals surface area contributed by atoms with E-state index in [1.807, 2.05) is 13.1 Å². The third kappa shape index (κ3) is 5.66. The summed E-state index contributed by atoms with van der Waals surface area (Å²) in [6, 6.07) is 7.23. The summed E-state index contributed by atoms with van der Waals surface area (Å²) in [5.74, 6) is 3.65.